The predicted octanol–water partition coefficient (Wildman–Crippen LogP) is 2.72. The van der Waals surface area contributed by atoms with Gasteiger partial charge >= 0.3 is 6.03 Å². The van der Waals surface area contributed by atoms with Gasteiger partial charge in [-0.05, 0) is 41.6 Å². The standard InChI is InChI=1S/C18H23N3O/c19-18(22)20-11-14-5-4-10-21(12-14)13-16-8-3-7-15-6-1-2-9-17(15)16/h1-3,6-9,14H,4-5,10-13H2,(H3,19,20,22)/t14-/m0/s1. The summed E-state index contributed by atoms with van der Waals surface area (Å²) in [7, 11) is 0. The summed E-state index contributed by atoms with van der Waals surface area (Å²) in [5.74, 6) is 0.497. The van der Waals surface area contributed by atoms with Gasteiger partial charge in [-0.15, -0.1) is 0 Å². The highest BCUT2D eigenvalue weighted by Gasteiger charge is 2.20. The zero-order valence-electron chi connectivity index (χ0n) is 12.8. The maximum atomic E-state index is 10.9. The van der Waals surface area contributed by atoms with Crippen LogP contribution in [0.1, 0.15) is 18.4 Å². The van der Waals surface area contributed by atoms with E-state index in [0.717, 1.165) is 26.1 Å². The van der Waals surface area contributed by atoms with Gasteiger partial charge in [0.25, 0.3) is 0 Å². The van der Waals surface area contributed by atoms with Crippen molar-refractivity contribution in [1.82, 2.24) is 10.2 Å². The molecule has 1 fully saturated rings. The van der Waals surface area contributed by atoms with Crippen molar-refractivity contribution in [3.8, 4) is 0 Å². The van der Waals surface area contributed by atoms with Gasteiger partial charge in [0, 0.05) is 19.6 Å². The van der Waals surface area contributed by atoms with Crippen LogP contribution >= 0.6 is 0 Å². The SMILES string of the molecule is NC(=O)NC[C@@H]1CCCN(Cc2cccc3ccccc23)C1. The second kappa shape index (κ2) is 6.79. The minimum Gasteiger partial charge on any atom is -0.352 e. The normalized spacial score (nSPS) is 19.2. The Kier molecular flexibility index (Phi) is 4.59. The largest absolute Gasteiger partial charge is 0.352 e. The molecule has 1 aliphatic heterocycles. The summed E-state index contributed by atoms with van der Waals surface area (Å²) in [5.41, 5.74) is 6.54. The average Bonchev–Trinajstić information content (AvgIpc) is 2.54. The number of piperidine rings is 1. The molecule has 2 aromatic carbocycles. The first-order valence-electron chi connectivity index (χ1n) is 7.94. The monoisotopic (exact) mass is 297 g/mol. The number of urea groups is 1. The number of carbonyl (C=O) groups excluding carboxylic acids is 1. The molecule has 0 radical (unpaired) electrons. The van der Waals surface area contributed by atoms with Crippen LogP contribution in [-0.4, -0.2) is 30.6 Å². The predicted molar refractivity (Wildman–Crippen MR) is 89.5 cm³/mol. The molecule has 0 saturated carbocycles. The van der Waals surface area contributed by atoms with Gasteiger partial charge in [-0.25, -0.2) is 4.79 Å². The molecule has 0 spiro atoms. The summed E-state index contributed by atoms with van der Waals surface area (Å²) < 4.78 is 0. The number of primary amides is 1. The number of carbonyl (C=O) groups is 1. The summed E-state index contributed by atoms with van der Waals surface area (Å²) >= 11 is 0. The topological polar surface area (TPSA) is 58.4 Å². The Morgan fingerprint density at radius 2 is 2.05 bits per heavy atom. The molecule has 4 nitrogen and oxygen atoms in total. The Balaban J connectivity index is 1.68. The van der Waals surface area contributed by atoms with Crippen molar-refractivity contribution in [3.05, 3.63) is 48.0 Å². The van der Waals surface area contributed by atoms with Gasteiger partial charge in [0.05, 0.1) is 0 Å². The van der Waals surface area contributed by atoms with Crippen LogP contribution in [0, 0.1) is 5.92 Å². The molecule has 2 aromatic rings. The average molecular weight is 297 g/mol. The zero-order valence-corrected chi connectivity index (χ0v) is 12.8. The molecule has 22 heavy (non-hydrogen) atoms. The van der Waals surface area contributed by atoms with Crippen LogP contribution in [-0.2, 0) is 6.54 Å². The van der Waals surface area contributed by atoms with Crippen molar-refractivity contribution < 1.29 is 4.79 Å². The second-order valence-corrected chi connectivity index (χ2v) is 6.13. The number of likely N-dealkylation sites (tertiary alicyclic amines) is 1. The Morgan fingerprint density at radius 1 is 1.23 bits per heavy atom. The van der Waals surface area contributed by atoms with Crippen LogP contribution in [0.4, 0.5) is 4.79 Å². The van der Waals surface area contributed by atoms with Gasteiger partial charge < -0.3 is 11.1 Å². The second-order valence-electron chi connectivity index (χ2n) is 6.13. The lowest BCUT2D eigenvalue weighted by atomic mass is 9.96. The first-order chi connectivity index (χ1) is 10.7. The molecule has 0 unspecified atom stereocenters. The van der Waals surface area contributed by atoms with E-state index in [-0.39, 0.29) is 0 Å². The Labute approximate surface area is 131 Å². The van der Waals surface area contributed by atoms with E-state index in [1.54, 1.807) is 0 Å². The summed E-state index contributed by atoms with van der Waals surface area (Å²) in [6.07, 6.45) is 2.34. The molecule has 3 N–H and O–H groups in total. The zero-order chi connectivity index (χ0) is 15.4. The van der Waals surface area contributed by atoms with Crippen molar-refractivity contribution in [2.75, 3.05) is 19.6 Å². The first-order valence-corrected chi connectivity index (χ1v) is 7.94. The maximum Gasteiger partial charge on any atom is 0.312 e. The molecular formula is C18H23N3O. The van der Waals surface area contributed by atoms with Crippen molar-refractivity contribution >= 4 is 16.8 Å². The van der Waals surface area contributed by atoms with Gasteiger partial charge in [-0.2, -0.15) is 0 Å². The summed E-state index contributed by atoms with van der Waals surface area (Å²) in [6.45, 7) is 3.79. The van der Waals surface area contributed by atoms with Gasteiger partial charge in [-0.1, -0.05) is 42.5 Å². The fraction of sp³-hybridized carbons (Fsp3) is 0.389. The van der Waals surface area contributed by atoms with Crippen LogP contribution in [0.15, 0.2) is 42.5 Å². The van der Waals surface area contributed by atoms with E-state index in [4.69, 9.17) is 5.73 Å². The van der Waals surface area contributed by atoms with Gasteiger partial charge in [0.15, 0.2) is 0 Å². The number of benzene rings is 2. The molecule has 2 amide bonds. The summed E-state index contributed by atoms with van der Waals surface area (Å²) in [6, 6.07) is 14.6. The quantitative estimate of drug-likeness (QED) is 0.911. The van der Waals surface area contributed by atoms with E-state index in [1.807, 2.05) is 0 Å². The first kappa shape index (κ1) is 14.9. The third-order valence-corrected chi connectivity index (χ3v) is 4.44. The molecule has 1 heterocycles. The van der Waals surface area contributed by atoms with Gasteiger partial charge in [0.1, 0.15) is 0 Å². The molecule has 0 bridgehead atoms. The minimum atomic E-state index is -0.425. The van der Waals surface area contributed by atoms with Gasteiger partial charge in [-0.3, -0.25) is 4.90 Å². The third-order valence-electron chi connectivity index (χ3n) is 4.44. The lowest BCUT2D eigenvalue weighted by Gasteiger charge is -2.33. The summed E-state index contributed by atoms with van der Waals surface area (Å²) in [5, 5.41) is 5.37. The molecule has 0 aliphatic carbocycles. The molecule has 1 atom stereocenters. The van der Waals surface area contributed by atoms with Gasteiger partial charge in [0.2, 0.25) is 0 Å². The Bertz CT molecular complexity index is 650. The van der Waals surface area contributed by atoms with E-state index in [2.05, 4.69) is 52.7 Å². The highest BCUT2D eigenvalue weighted by atomic mass is 16.2. The van der Waals surface area contributed by atoms with E-state index in [0.29, 0.717) is 12.5 Å². The molecule has 0 aromatic heterocycles. The number of fused-ring (bicyclic) bond motifs is 1. The fourth-order valence-electron chi connectivity index (χ4n) is 3.38. The van der Waals surface area contributed by atoms with Crippen LogP contribution in [0.5, 0.6) is 0 Å². The van der Waals surface area contributed by atoms with E-state index < -0.39 is 6.03 Å². The number of nitrogens with zero attached hydrogens (tertiary/aromatic N) is 1. The number of nitrogens with two attached hydrogens (primary N) is 1. The van der Waals surface area contributed by atoms with Crippen LogP contribution < -0.4 is 11.1 Å². The van der Waals surface area contributed by atoms with Crippen LogP contribution in [0.3, 0.4) is 0 Å². The Morgan fingerprint density at radius 3 is 2.91 bits per heavy atom. The molecule has 1 aliphatic rings. The molecule has 1 saturated heterocycles. The van der Waals surface area contributed by atoms with Crippen molar-refractivity contribution in [2.24, 2.45) is 11.7 Å². The number of amides is 2. The minimum absolute atomic E-state index is 0.425. The lowest BCUT2D eigenvalue weighted by molar-refractivity contribution is 0.166. The highest BCUT2D eigenvalue weighted by molar-refractivity contribution is 5.85. The van der Waals surface area contributed by atoms with E-state index in [9.17, 15) is 4.79 Å². The molecule has 3 rings (SSSR count). The number of hydrogen-bond donors (Lipinski definition) is 2. The van der Waals surface area contributed by atoms with E-state index in [1.165, 1.54) is 22.8 Å². The Hall–Kier alpha value is -2.07. The maximum absolute atomic E-state index is 10.9. The van der Waals surface area contributed by atoms with Crippen molar-refractivity contribution in [2.45, 2.75) is 19.4 Å². The number of rotatable bonds is 4. The lowest BCUT2D eigenvalue weighted by Crippen LogP contribution is -2.41. The van der Waals surface area contributed by atoms with E-state index >= 15 is 0 Å². The number of nitrogens with one attached hydrogen (secondary N) is 1. The molecular weight excluding hydrogens is 274 g/mol. The smallest absolute Gasteiger partial charge is 0.312 e. The van der Waals surface area contributed by atoms with Crippen molar-refractivity contribution in [1.29, 1.82) is 0 Å². The molecule has 4 heteroatoms. The van der Waals surface area contributed by atoms with Crippen molar-refractivity contribution in [3.63, 3.8) is 0 Å². The highest BCUT2D eigenvalue weighted by Crippen LogP contribution is 2.23. The summed E-state index contributed by atoms with van der Waals surface area (Å²) in [4.78, 5) is 13.3. The van der Waals surface area contributed by atoms with Crippen LogP contribution in [0.2, 0.25) is 0 Å². The fourth-order valence-corrected chi connectivity index (χ4v) is 3.38. The van der Waals surface area contributed by atoms with Crippen LogP contribution in [0.25, 0.3) is 10.8 Å². The molecule has 116 valence electrons. The number of hydrogen-bond acceptors (Lipinski definition) is 2. The third kappa shape index (κ3) is 3.57.